The fraction of sp³-hybridized carbons (Fsp3) is 0.348. The highest BCUT2D eigenvalue weighted by Gasteiger charge is 2.52. The SMILES string of the molecule is Cc1c(-c2nc3c(N4C(=O)C5(CCNCC5)c5ccccc54)ncnc3n2C)cnn1C. The summed E-state index contributed by atoms with van der Waals surface area (Å²) in [6, 6.07) is 8.08. The number of anilines is 2. The second kappa shape index (κ2) is 6.70. The van der Waals surface area contributed by atoms with E-state index in [0.29, 0.717) is 17.0 Å². The summed E-state index contributed by atoms with van der Waals surface area (Å²) in [5.41, 5.74) is 4.70. The van der Waals surface area contributed by atoms with Crippen LogP contribution < -0.4 is 10.2 Å². The normalized spacial score (nSPS) is 17.5. The van der Waals surface area contributed by atoms with Gasteiger partial charge in [-0.25, -0.2) is 15.0 Å². The van der Waals surface area contributed by atoms with E-state index in [1.54, 1.807) is 4.90 Å². The van der Waals surface area contributed by atoms with Gasteiger partial charge in [-0.05, 0) is 44.5 Å². The van der Waals surface area contributed by atoms with Crippen LogP contribution in [0.4, 0.5) is 11.5 Å². The molecule has 0 unspecified atom stereocenters. The van der Waals surface area contributed by atoms with Crippen molar-refractivity contribution in [1.82, 2.24) is 34.6 Å². The van der Waals surface area contributed by atoms with Gasteiger partial charge in [-0.1, -0.05) is 18.2 Å². The molecule has 5 heterocycles. The van der Waals surface area contributed by atoms with Crippen LogP contribution in [0.15, 0.2) is 36.8 Å². The number of nitrogens with one attached hydrogen (secondary N) is 1. The van der Waals surface area contributed by atoms with Crippen LogP contribution in [-0.4, -0.2) is 48.3 Å². The Kier molecular flexibility index (Phi) is 4.00. The molecule has 1 fully saturated rings. The summed E-state index contributed by atoms with van der Waals surface area (Å²) in [4.78, 5) is 29.7. The van der Waals surface area contributed by atoms with Gasteiger partial charge in [0.05, 0.1) is 22.9 Å². The zero-order chi connectivity index (χ0) is 22.0. The molecule has 6 rings (SSSR count). The van der Waals surface area contributed by atoms with Gasteiger partial charge in [-0.2, -0.15) is 5.10 Å². The first kappa shape index (κ1) is 19.1. The Labute approximate surface area is 185 Å². The van der Waals surface area contributed by atoms with Gasteiger partial charge in [0.2, 0.25) is 5.91 Å². The molecule has 0 radical (unpaired) electrons. The average Bonchev–Trinajstić information content (AvgIpc) is 3.41. The second-order valence-electron chi connectivity index (χ2n) is 8.62. The van der Waals surface area contributed by atoms with Crippen LogP contribution in [0.25, 0.3) is 22.6 Å². The van der Waals surface area contributed by atoms with Crippen LogP contribution in [0, 0.1) is 6.92 Å². The van der Waals surface area contributed by atoms with Crippen molar-refractivity contribution in [2.24, 2.45) is 14.1 Å². The largest absolute Gasteiger partial charge is 0.317 e. The lowest BCUT2D eigenvalue weighted by atomic mass is 9.74. The smallest absolute Gasteiger partial charge is 0.243 e. The lowest BCUT2D eigenvalue weighted by Crippen LogP contribution is -2.46. The van der Waals surface area contributed by atoms with E-state index in [2.05, 4.69) is 26.4 Å². The topological polar surface area (TPSA) is 93.8 Å². The van der Waals surface area contributed by atoms with Crippen LogP contribution in [0.2, 0.25) is 0 Å². The summed E-state index contributed by atoms with van der Waals surface area (Å²) in [6.45, 7) is 3.65. The molecule has 1 amide bonds. The Bertz CT molecular complexity index is 1380. The number of piperidine rings is 1. The average molecular weight is 429 g/mol. The molecule has 1 spiro atoms. The van der Waals surface area contributed by atoms with Gasteiger partial charge in [0.15, 0.2) is 17.0 Å². The monoisotopic (exact) mass is 428 g/mol. The molecule has 1 saturated heterocycles. The van der Waals surface area contributed by atoms with Crippen molar-refractivity contribution in [2.75, 3.05) is 18.0 Å². The zero-order valence-electron chi connectivity index (χ0n) is 18.3. The maximum absolute atomic E-state index is 14.0. The molecule has 2 aliphatic rings. The lowest BCUT2D eigenvalue weighted by molar-refractivity contribution is -0.123. The van der Waals surface area contributed by atoms with E-state index in [-0.39, 0.29) is 5.91 Å². The molecule has 1 aromatic carbocycles. The van der Waals surface area contributed by atoms with E-state index >= 15 is 0 Å². The molecule has 0 bridgehead atoms. The summed E-state index contributed by atoms with van der Waals surface area (Å²) >= 11 is 0. The summed E-state index contributed by atoms with van der Waals surface area (Å²) in [5, 5.41) is 7.75. The predicted octanol–water partition coefficient (Wildman–Crippen LogP) is 2.37. The molecular formula is C23H24N8O. The minimum absolute atomic E-state index is 0.0740. The maximum atomic E-state index is 14.0. The van der Waals surface area contributed by atoms with E-state index in [0.717, 1.165) is 54.3 Å². The van der Waals surface area contributed by atoms with Gasteiger partial charge >= 0.3 is 0 Å². The van der Waals surface area contributed by atoms with Crippen molar-refractivity contribution in [3.05, 3.63) is 48.0 Å². The van der Waals surface area contributed by atoms with Gasteiger partial charge < -0.3 is 9.88 Å². The fourth-order valence-electron chi connectivity index (χ4n) is 5.17. The number of hydrogen-bond donors (Lipinski definition) is 1. The highest BCUT2D eigenvalue weighted by atomic mass is 16.2. The van der Waals surface area contributed by atoms with Crippen molar-refractivity contribution in [2.45, 2.75) is 25.2 Å². The third-order valence-electron chi connectivity index (χ3n) is 7.05. The second-order valence-corrected chi connectivity index (χ2v) is 8.62. The summed E-state index contributed by atoms with van der Waals surface area (Å²) < 4.78 is 3.76. The molecule has 1 N–H and O–H groups in total. The number of aromatic nitrogens is 6. The van der Waals surface area contributed by atoms with Crippen molar-refractivity contribution in [1.29, 1.82) is 0 Å². The first-order chi connectivity index (χ1) is 15.5. The van der Waals surface area contributed by atoms with Crippen molar-refractivity contribution >= 4 is 28.6 Å². The number of amides is 1. The standard InChI is InChI=1S/C23H24N8O/c1-14-15(12-27-30(14)3)19-28-18-20(29(19)2)25-13-26-21(18)31-17-7-5-4-6-16(17)23(22(31)32)8-10-24-11-9-23/h4-7,12-13,24H,8-11H2,1-3H3. The van der Waals surface area contributed by atoms with E-state index in [9.17, 15) is 4.79 Å². The van der Waals surface area contributed by atoms with Gasteiger partial charge in [0.1, 0.15) is 12.2 Å². The number of nitrogens with zero attached hydrogens (tertiary/aromatic N) is 7. The van der Waals surface area contributed by atoms with Gasteiger partial charge in [-0.3, -0.25) is 14.4 Å². The minimum Gasteiger partial charge on any atom is -0.317 e. The first-order valence-electron chi connectivity index (χ1n) is 10.8. The Balaban J connectivity index is 1.57. The highest BCUT2D eigenvalue weighted by Crippen LogP contribution is 2.50. The number of benzene rings is 1. The number of rotatable bonds is 2. The highest BCUT2D eigenvalue weighted by molar-refractivity contribution is 6.15. The molecule has 162 valence electrons. The number of fused-ring (bicyclic) bond motifs is 3. The predicted molar refractivity (Wildman–Crippen MR) is 121 cm³/mol. The minimum atomic E-state index is -0.517. The molecule has 9 nitrogen and oxygen atoms in total. The lowest BCUT2D eigenvalue weighted by Gasteiger charge is -2.32. The van der Waals surface area contributed by atoms with Gasteiger partial charge in [0.25, 0.3) is 0 Å². The number of imidazole rings is 1. The Hall–Kier alpha value is -3.59. The van der Waals surface area contributed by atoms with Gasteiger partial charge in [-0.15, -0.1) is 0 Å². The Morgan fingerprint density at radius 2 is 1.88 bits per heavy atom. The first-order valence-corrected chi connectivity index (χ1v) is 10.8. The third kappa shape index (κ3) is 2.39. The third-order valence-corrected chi connectivity index (χ3v) is 7.05. The zero-order valence-corrected chi connectivity index (χ0v) is 18.3. The van der Waals surface area contributed by atoms with E-state index in [1.165, 1.54) is 6.33 Å². The molecule has 0 aliphatic carbocycles. The Morgan fingerprint density at radius 1 is 1.09 bits per heavy atom. The van der Waals surface area contributed by atoms with Gasteiger partial charge in [0, 0.05) is 19.8 Å². The fourth-order valence-corrected chi connectivity index (χ4v) is 5.17. The van der Waals surface area contributed by atoms with E-state index in [1.807, 2.05) is 54.7 Å². The van der Waals surface area contributed by atoms with Crippen LogP contribution in [0.5, 0.6) is 0 Å². The number of para-hydroxylation sites is 1. The molecule has 0 atom stereocenters. The summed E-state index contributed by atoms with van der Waals surface area (Å²) in [7, 11) is 3.84. The molecular weight excluding hydrogens is 404 g/mol. The summed E-state index contributed by atoms with van der Waals surface area (Å²) in [5.74, 6) is 1.36. The molecule has 32 heavy (non-hydrogen) atoms. The number of carbonyl (C=O) groups excluding carboxylic acids is 1. The number of carbonyl (C=O) groups is 1. The molecule has 9 heteroatoms. The van der Waals surface area contributed by atoms with Crippen molar-refractivity contribution in [3.63, 3.8) is 0 Å². The molecule has 3 aromatic heterocycles. The number of aryl methyl sites for hydroxylation is 2. The molecule has 0 saturated carbocycles. The Morgan fingerprint density at radius 3 is 2.62 bits per heavy atom. The van der Waals surface area contributed by atoms with Crippen LogP contribution in [0.3, 0.4) is 0 Å². The van der Waals surface area contributed by atoms with E-state index in [4.69, 9.17) is 4.98 Å². The van der Waals surface area contributed by atoms with E-state index < -0.39 is 5.41 Å². The van der Waals surface area contributed by atoms with Crippen molar-refractivity contribution < 1.29 is 4.79 Å². The van der Waals surface area contributed by atoms with Crippen LogP contribution >= 0.6 is 0 Å². The summed E-state index contributed by atoms with van der Waals surface area (Å²) in [6.07, 6.45) is 4.87. The quantitative estimate of drug-likeness (QED) is 0.527. The molecule has 2 aliphatic heterocycles. The van der Waals surface area contributed by atoms with Crippen LogP contribution in [0.1, 0.15) is 24.1 Å². The number of hydrogen-bond acceptors (Lipinski definition) is 6. The van der Waals surface area contributed by atoms with Crippen molar-refractivity contribution in [3.8, 4) is 11.4 Å². The maximum Gasteiger partial charge on any atom is 0.243 e. The molecule has 4 aromatic rings. The van der Waals surface area contributed by atoms with Crippen LogP contribution in [-0.2, 0) is 24.3 Å².